The lowest BCUT2D eigenvalue weighted by Crippen LogP contribution is -2.30. The maximum Gasteiger partial charge on any atom is 0.373 e. The summed E-state index contributed by atoms with van der Waals surface area (Å²) in [7, 11) is 1.22. The van der Waals surface area contributed by atoms with Crippen LogP contribution < -0.4 is 5.32 Å². The summed E-state index contributed by atoms with van der Waals surface area (Å²) >= 11 is 0. The minimum atomic E-state index is -0.659. The number of esters is 2. The number of nitrogens with one attached hydrogen (secondary N) is 1. The van der Waals surface area contributed by atoms with Crippen LogP contribution in [-0.2, 0) is 20.8 Å². The second-order valence-electron chi connectivity index (χ2n) is 7.14. The Morgan fingerprint density at radius 3 is 2.47 bits per heavy atom. The average Bonchev–Trinajstić information content (AvgIpc) is 3.56. The van der Waals surface area contributed by atoms with Gasteiger partial charge in [0.25, 0.3) is 5.91 Å². The third-order valence-electron chi connectivity index (χ3n) is 4.92. The van der Waals surface area contributed by atoms with Crippen LogP contribution in [-0.4, -0.2) is 42.5 Å². The van der Waals surface area contributed by atoms with Gasteiger partial charge in [-0.15, -0.1) is 0 Å². The molecule has 10 heteroatoms. The minimum Gasteiger partial charge on any atom is -0.463 e. The summed E-state index contributed by atoms with van der Waals surface area (Å²) < 4.78 is 20.6. The van der Waals surface area contributed by atoms with Crippen LogP contribution in [0, 0.1) is 0 Å². The molecular weight excluding hydrogens is 444 g/mol. The number of carbonyl (C=O) groups excluding carboxylic acids is 4. The van der Waals surface area contributed by atoms with Gasteiger partial charge in [0.05, 0.1) is 25.8 Å². The number of ether oxygens (including phenoxy) is 2. The van der Waals surface area contributed by atoms with Crippen molar-refractivity contribution < 1.29 is 37.5 Å². The molecule has 3 aromatic rings. The first kappa shape index (κ1) is 22.6. The molecule has 1 aliphatic rings. The van der Waals surface area contributed by atoms with Crippen LogP contribution in [0.5, 0.6) is 0 Å². The second kappa shape index (κ2) is 9.49. The van der Waals surface area contributed by atoms with E-state index in [1.54, 1.807) is 43.3 Å². The molecule has 0 unspecified atom stereocenters. The number of urea groups is 1. The highest BCUT2D eigenvalue weighted by molar-refractivity contribution is 6.13. The molecule has 1 N–H and O–H groups in total. The van der Waals surface area contributed by atoms with Crippen molar-refractivity contribution in [1.82, 2.24) is 10.2 Å². The summed E-state index contributed by atoms with van der Waals surface area (Å²) in [6, 6.07) is 12.3. The highest BCUT2D eigenvalue weighted by Crippen LogP contribution is 2.25. The van der Waals surface area contributed by atoms with E-state index in [9.17, 15) is 19.2 Å². The molecule has 3 amide bonds. The standard InChI is InChI=1S/C24H20N2O8/c1-3-32-22(28)15-6-4-14(5-7-15)19-10-8-16(33-19)12-18-21(27)26(24(30)25-18)13-17-9-11-20(34-17)23(29)31-2/h4-12H,3,13H2,1-2H3,(H,25,30)/b18-12-. The number of benzene rings is 1. The first-order valence-electron chi connectivity index (χ1n) is 10.3. The molecular formula is C24H20N2O8. The number of furan rings is 2. The fourth-order valence-electron chi connectivity index (χ4n) is 3.26. The molecule has 3 heterocycles. The van der Waals surface area contributed by atoms with Gasteiger partial charge < -0.3 is 23.6 Å². The van der Waals surface area contributed by atoms with E-state index in [1.807, 2.05) is 0 Å². The Hall–Kier alpha value is -4.60. The highest BCUT2D eigenvalue weighted by atomic mass is 16.5. The molecule has 2 aromatic heterocycles. The Labute approximate surface area is 193 Å². The van der Waals surface area contributed by atoms with E-state index in [0.29, 0.717) is 23.7 Å². The third kappa shape index (κ3) is 4.60. The van der Waals surface area contributed by atoms with Gasteiger partial charge in [-0.2, -0.15) is 0 Å². The normalized spacial score (nSPS) is 14.4. The monoisotopic (exact) mass is 464 g/mol. The molecule has 1 saturated heterocycles. The van der Waals surface area contributed by atoms with Crippen molar-refractivity contribution in [3.05, 3.63) is 77.1 Å². The van der Waals surface area contributed by atoms with Gasteiger partial charge in [0.2, 0.25) is 5.76 Å². The molecule has 34 heavy (non-hydrogen) atoms. The van der Waals surface area contributed by atoms with E-state index in [0.717, 1.165) is 10.5 Å². The van der Waals surface area contributed by atoms with Gasteiger partial charge >= 0.3 is 18.0 Å². The Bertz CT molecular complexity index is 1280. The number of carbonyl (C=O) groups is 4. The molecule has 4 rings (SSSR count). The fraction of sp³-hybridized carbons (Fsp3) is 0.167. The SMILES string of the molecule is CCOC(=O)c1ccc(-c2ccc(/C=C3\NC(=O)N(Cc4ccc(C(=O)OC)o4)C3=O)o2)cc1. The van der Waals surface area contributed by atoms with Crippen LogP contribution in [0.25, 0.3) is 17.4 Å². The molecule has 0 saturated carbocycles. The second-order valence-corrected chi connectivity index (χ2v) is 7.14. The van der Waals surface area contributed by atoms with Crippen LogP contribution >= 0.6 is 0 Å². The largest absolute Gasteiger partial charge is 0.463 e. The first-order valence-corrected chi connectivity index (χ1v) is 10.3. The summed E-state index contributed by atoms with van der Waals surface area (Å²) in [5.74, 6) is -0.556. The summed E-state index contributed by atoms with van der Waals surface area (Å²) in [6.07, 6.45) is 1.42. The van der Waals surface area contributed by atoms with Crippen LogP contribution in [0.4, 0.5) is 4.79 Å². The summed E-state index contributed by atoms with van der Waals surface area (Å²) in [5, 5.41) is 2.50. The molecule has 10 nitrogen and oxygen atoms in total. The Kier molecular flexibility index (Phi) is 6.30. The van der Waals surface area contributed by atoms with Gasteiger partial charge in [-0.1, -0.05) is 12.1 Å². The van der Waals surface area contributed by atoms with E-state index in [2.05, 4.69) is 10.1 Å². The smallest absolute Gasteiger partial charge is 0.373 e. The van der Waals surface area contributed by atoms with Crippen molar-refractivity contribution in [2.24, 2.45) is 0 Å². The van der Waals surface area contributed by atoms with Gasteiger partial charge in [0.15, 0.2) is 0 Å². The number of hydrogen-bond acceptors (Lipinski definition) is 8. The fourth-order valence-corrected chi connectivity index (χ4v) is 3.26. The Morgan fingerprint density at radius 1 is 1.00 bits per heavy atom. The molecule has 174 valence electrons. The third-order valence-corrected chi connectivity index (χ3v) is 4.92. The van der Waals surface area contributed by atoms with Crippen LogP contribution in [0.1, 0.15) is 39.4 Å². The van der Waals surface area contributed by atoms with Gasteiger partial charge in [0, 0.05) is 11.6 Å². The topological polar surface area (TPSA) is 128 Å². The average molecular weight is 464 g/mol. The first-order chi connectivity index (χ1) is 16.4. The van der Waals surface area contributed by atoms with Crippen molar-refractivity contribution in [3.8, 4) is 11.3 Å². The predicted molar refractivity (Wildman–Crippen MR) is 117 cm³/mol. The molecule has 0 spiro atoms. The van der Waals surface area contributed by atoms with Gasteiger partial charge in [-0.3, -0.25) is 9.69 Å². The summed E-state index contributed by atoms with van der Waals surface area (Å²) in [6.45, 7) is 1.87. The van der Waals surface area contributed by atoms with E-state index in [4.69, 9.17) is 13.6 Å². The lowest BCUT2D eigenvalue weighted by molar-refractivity contribution is -0.123. The zero-order valence-electron chi connectivity index (χ0n) is 18.3. The number of nitrogens with zero attached hydrogens (tertiary/aromatic N) is 1. The Morgan fingerprint density at radius 2 is 1.76 bits per heavy atom. The lowest BCUT2D eigenvalue weighted by Gasteiger charge is -2.09. The molecule has 0 bridgehead atoms. The minimum absolute atomic E-state index is 0.0290. The number of rotatable bonds is 7. The number of imide groups is 1. The van der Waals surface area contributed by atoms with Crippen molar-refractivity contribution in [3.63, 3.8) is 0 Å². The summed E-state index contributed by atoms with van der Waals surface area (Å²) in [4.78, 5) is 49.2. The van der Waals surface area contributed by atoms with Crippen molar-refractivity contribution in [2.45, 2.75) is 13.5 Å². The maximum absolute atomic E-state index is 12.7. The molecule has 1 aliphatic heterocycles. The number of amides is 3. The maximum atomic E-state index is 12.7. The number of methoxy groups -OCH3 is 1. The van der Waals surface area contributed by atoms with Crippen LogP contribution in [0.2, 0.25) is 0 Å². The van der Waals surface area contributed by atoms with E-state index in [1.165, 1.54) is 25.3 Å². The van der Waals surface area contributed by atoms with Crippen molar-refractivity contribution >= 4 is 30.0 Å². The van der Waals surface area contributed by atoms with E-state index >= 15 is 0 Å². The van der Waals surface area contributed by atoms with E-state index < -0.39 is 23.9 Å². The highest BCUT2D eigenvalue weighted by Gasteiger charge is 2.34. The number of hydrogen-bond donors (Lipinski definition) is 1. The molecule has 0 radical (unpaired) electrons. The lowest BCUT2D eigenvalue weighted by atomic mass is 10.1. The predicted octanol–water partition coefficient (Wildman–Crippen LogP) is 3.60. The zero-order chi connectivity index (χ0) is 24.2. The van der Waals surface area contributed by atoms with Crippen LogP contribution in [0.15, 0.2) is 63.1 Å². The molecule has 0 aliphatic carbocycles. The van der Waals surface area contributed by atoms with Crippen LogP contribution in [0.3, 0.4) is 0 Å². The van der Waals surface area contributed by atoms with Gasteiger partial charge in [-0.25, -0.2) is 14.4 Å². The summed E-state index contributed by atoms with van der Waals surface area (Å²) in [5.41, 5.74) is 1.18. The van der Waals surface area contributed by atoms with Gasteiger partial charge in [0.1, 0.15) is 23.0 Å². The molecule has 1 fully saturated rings. The van der Waals surface area contributed by atoms with Crippen molar-refractivity contribution in [1.29, 1.82) is 0 Å². The zero-order valence-corrected chi connectivity index (χ0v) is 18.3. The molecule has 0 atom stereocenters. The van der Waals surface area contributed by atoms with Gasteiger partial charge in [-0.05, 0) is 43.3 Å². The quantitative estimate of drug-likeness (QED) is 0.319. The Balaban J connectivity index is 1.46. The van der Waals surface area contributed by atoms with E-state index in [-0.39, 0.29) is 23.8 Å². The molecule has 1 aromatic carbocycles. The van der Waals surface area contributed by atoms with Crippen molar-refractivity contribution in [2.75, 3.05) is 13.7 Å².